The van der Waals surface area contributed by atoms with Gasteiger partial charge < -0.3 is 10.1 Å². The number of amides is 1. The third-order valence-corrected chi connectivity index (χ3v) is 5.34. The summed E-state index contributed by atoms with van der Waals surface area (Å²) in [5, 5.41) is 2.78. The van der Waals surface area contributed by atoms with Gasteiger partial charge in [-0.1, -0.05) is 54.1 Å². The molecule has 31 heavy (non-hydrogen) atoms. The molecule has 0 saturated carbocycles. The molecule has 0 heterocycles. The summed E-state index contributed by atoms with van der Waals surface area (Å²) in [6, 6.07) is 15.7. The molecule has 1 atom stereocenters. The number of ketones is 2. The molecule has 0 fully saturated rings. The average molecular weight is 418 g/mol. The van der Waals surface area contributed by atoms with Crippen molar-refractivity contribution < 1.29 is 19.1 Å². The van der Waals surface area contributed by atoms with E-state index in [-0.39, 0.29) is 17.6 Å². The molecule has 0 spiro atoms. The summed E-state index contributed by atoms with van der Waals surface area (Å²) >= 11 is 0. The van der Waals surface area contributed by atoms with Gasteiger partial charge in [0.25, 0.3) is 0 Å². The first-order valence-corrected chi connectivity index (χ1v) is 10.4. The maximum absolute atomic E-state index is 12.6. The minimum Gasteiger partial charge on any atom is -0.410 e. The summed E-state index contributed by atoms with van der Waals surface area (Å²) in [6.07, 6.45) is 2.67. The van der Waals surface area contributed by atoms with E-state index < -0.39 is 6.09 Å². The molecule has 0 radical (unpaired) electrons. The summed E-state index contributed by atoms with van der Waals surface area (Å²) in [7, 11) is 0. The predicted molar refractivity (Wildman–Crippen MR) is 120 cm³/mol. The van der Waals surface area contributed by atoms with Crippen molar-refractivity contribution in [2.24, 2.45) is 0 Å². The van der Waals surface area contributed by atoms with E-state index in [9.17, 15) is 14.4 Å². The van der Waals surface area contributed by atoms with Crippen LogP contribution in [0.4, 0.5) is 4.79 Å². The molecule has 5 nitrogen and oxygen atoms in total. The summed E-state index contributed by atoms with van der Waals surface area (Å²) in [6.45, 7) is 5.72. The first kappa shape index (κ1) is 22.2. The number of Topliss-reactive ketones (excluding diaryl/α,β-unsaturated/α-hetero) is 2. The van der Waals surface area contributed by atoms with Crippen molar-refractivity contribution in [1.29, 1.82) is 0 Å². The van der Waals surface area contributed by atoms with Gasteiger partial charge in [0.1, 0.15) is 5.75 Å². The second-order valence-electron chi connectivity index (χ2n) is 7.87. The molecule has 5 heteroatoms. The molecule has 0 aliphatic heterocycles. The normalized spacial score (nSPS) is 14.7. The van der Waals surface area contributed by atoms with Crippen molar-refractivity contribution in [3.05, 3.63) is 88.5 Å². The van der Waals surface area contributed by atoms with Crippen molar-refractivity contribution in [2.45, 2.75) is 46.1 Å². The lowest BCUT2D eigenvalue weighted by atomic mass is 9.89. The lowest BCUT2D eigenvalue weighted by Crippen LogP contribution is -2.29. The first-order chi connectivity index (χ1) is 14.8. The lowest BCUT2D eigenvalue weighted by molar-refractivity contribution is -0.115. The molecule has 2 aromatic carbocycles. The number of para-hydroxylation sites is 1. The summed E-state index contributed by atoms with van der Waals surface area (Å²) < 4.78 is 5.24. The van der Waals surface area contributed by atoms with Crippen LogP contribution in [0.25, 0.3) is 0 Å². The Hall–Kier alpha value is -3.47. The van der Waals surface area contributed by atoms with E-state index in [0.717, 1.165) is 22.3 Å². The number of hydrogen-bond acceptors (Lipinski definition) is 4. The van der Waals surface area contributed by atoms with Crippen molar-refractivity contribution in [3.63, 3.8) is 0 Å². The highest BCUT2D eigenvalue weighted by atomic mass is 16.6. The fourth-order valence-corrected chi connectivity index (χ4v) is 3.65. The lowest BCUT2D eigenvalue weighted by Gasteiger charge is -2.16. The Morgan fingerprint density at radius 3 is 2.35 bits per heavy atom. The van der Waals surface area contributed by atoms with Gasteiger partial charge in [-0.05, 0) is 56.0 Å². The quantitative estimate of drug-likeness (QED) is 0.584. The SMILES string of the molecule is CC1=CC(C)=C(CCC(=O)c2ccc(C(C)NC(=O)Oc3ccccc3)cc2)C(=O)C1. The summed E-state index contributed by atoms with van der Waals surface area (Å²) in [4.78, 5) is 36.9. The Labute approximate surface area is 182 Å². The van der Waals surface area contributed by atoms with Gasteiger partial charge in [-0.15, -0.1) is 0 Å². The van der Waals surface area contributed by atoms with E-state index in [4.69, 9.17) is 4.74 Å². The number of hydrogen-bond donors (Lipinski definition) is 1. The van der Waals surface area contributed by atoms with Crippen molar-refractivity contribution in [3.8, 4) is 5.75 Å². The first-order valence-electron chi connectivity index (χ1n) is 10.4. The zero-order valence-electron chi connectivity index (χ0n) is 18.1. The zero-order chi connectivity index (χ0) is 22.4. The third kappa shape index (κ3) is 6.01. The van der Waals surface area contributed by atoms with Crippen LogP contribution in [0.1, 0.15) is 62.0 Å². The van der Waals surface area contributed by atoms with Crippen LogP contribution in [0.2, 0.25) is 0 Å². The molecule has 1 unspecified atom stereocenters. The fourth-order valence-electron chi connectivity index (χ4n) is 3.65. The van der Waals surface area contributed by atoms with Gasteiger partial charge >= 0.3 is 6.09 Å². The molecule has 1 N–H and O–H groups in total. The standard InChI is InChI=1S/C26H27NO4/c1-17-15-18(2)23(25(29)16-17)13-14-24(28)21-11-9-20(10-12-21)19(3)27-26(30)31-22-7-5-4-6-8-22/h4-12,15,19H,13-14,16H2,1-3H3,(H,27,30). The van der Waals surface area contributed by atoms with Gasteiger partial charge in [0.2, 0.25) is 0 Å². The molecule has 0 saturated heterocycles. The highest BCUT2D eigenvalue weighted by Crippen LogP contribution is 2.25. The van der Waals surface area contributed by atoms with Crippen LogP contribution in [0.15, 0.2) is 77.4 Å². The second kappa shape index (κ2) is 10.0. The maximum Gasteiger partial charge on any atom is 0.413 e. The van der Waals surface area contributed by atoms with E-state index in [1.165, 1.54) is 0 Å². The zero-order valence-corrected chi connectivity index (χ0v) is 18.1. The van der Waals surface area contributed by atoms with Crippen LogP contribution in [0.5, 0.6) is 5.75 Å². The number of allylic oxidation sites excluding steroid dienone is 4. The van der Waals surface area contributed by atoms with Crippen LogP contribution in [-0.4, -0.2) is 17.7 Å². The molecular weight excluding hydrogens is 390 g/mol. The van der Waals surface area contributed by atoms with Crippen LogP contribution in [0.3, 0.4) is 0 Å². The molecule has 0 aromatic heterocycles. The Kier molecular flexibility index (Phi) is 7.19. The van der Waals surface area contributed by atoms with E-state index in [0.29, 0.717) is 30.6 Å². The number of carbonyl (C=O) groups is 3. The van der Waals surface area contributed by atoms with Crippen molar-refractivity contribution in [2.75, 3.05) is 0 Å². The van der Waals surface area contributed by atoms with E-state index in [2.05, 4.69) is 5.32 Å². The summed E-state index contributed by atoms with van der Waals surface area (Å²) in [5.74, 6) is 0.582. The molecule has 160 valence electrons. The van der Waals surface area contributed by atoms with Gasteiger partial charge in [-0.25, -0.2) is 4.79 Å². The minimum atomic E-state index is -0.538. The topological polar surface area (TPSA) is 72.5 Å². The fraction of sp³-hybridized carbons (Fsp3) is 0.269. The molecule has 1 amide bonds. The van der Waals surface area contributed by atoms with E-state index in [1.807, 2.05) is 45.0 Å². The van der Waals surface area contributed by atoms with Gasteiger partial charge in [0.15, 0.2) is 11.6 Å². The van der Waals surface area contributed by atoms with Gasteiger partial charge in [-0.2, -0.15) is 0 Å². The summed E-state index contributed by atoms with van der Waals surface area (Å²) in [5.41, 5.74) is 4.23. The largest absolute Gasteiger partial charge is 0.413 e. The Morgan fingerprint density at radius 1 is 1.03 bits per heavy atom. The number of carbonyl (C=O) groups excluding carboxylic acids is 3. The van der Waals surface area contributed by atoms with Crippen LogP contribution in [-0.2, 0) is 4.79 Å². The Balaban J connectivity index is 1.55. The number of ether oxygens (including phenoxy) is 1. The molecule has 1 aliphatic rings. The monoisotopic (exact) mass is 417 g/mol. The molecule has 0 bridgehead atoms. The van der Waals surface area contributed by atoms with Crippen molar-refractivity contribution in [1.82, 2.24) is 5.32 Å². The van der Waals surface area contributed by atoms with E-state index >= 15 is 0 Å². The third-order valence-electron chi connectivity index (χ3n) is 5.34. The van der Waals surface area contributed by atoms with E-state index in [1.54, 1.807) is 36.4 Å². The second-order valence-corrected chi connectivity index (χ2v) is 7.87. The number of nitrogens with one attached hydrogen (secondary N) is 1. The van der Waals surface area contributed by atoms with Gasteiger partial charge in [0, 0.05) is 18.4 Å². The molecular formula is C26H27NO4. The minimum absolute atomic E-state index is 0.00461. The molecule has 3 rings (SSSR count). The highest BCUT2D eigenvalue weighted by molar-refractivity contribution is 6.01. The molecule has 1 aliphatic carbocycles. The van der Waals surface area contributed by atoms with Crippen LogP contribution in [0, 0.1) is 0 Å². The maximum atomic E-state index is 12.6. The van der Waals surface area contributed by atoms with Crippen LogP contribution >= 0.6 is 0 Å². The number of rotatable bonds is 7. The average Bonchev–Trinajstić information content (AvgIpc) is 2.73. The van der Waals surface area contributed by atoms with Gasteiger partial charge in [0.05, 0.1) is 6.04 Å². The van der Waals surface area contributed by atoms with Gasteiger partial charge in [-0.3, -0.25) is 9.59 Å². The van der Waals surface area contributed by atoms with Crippen LogP contribution < -0.4 is 10.1 Å². The molecule has 2 aromatic rings. The van der Waals surface area contributed by atoms with Crippen molar-refractivity contribution >= 4 is 17.7 Å². The Bertz CT molecular complexity index is 1030. The number of benzene rings is 2. The predicted octanol–water partition coefficient (Wildman–Crippen LogP) is 5.73. The Morgan fingerprint density at radius 2 is 1.71 bits per heavy atom. The highest BCUT2D eigenvalue weighted by Gasteiger charge is 2.19. The smallest absolute Gasteiger partial charge is 0.410 e.